The van der Waals surface area contributed by atoms with E-state index < -0.39 is 0 Å². The molecule has 1 spiro atoms. The summed E-state index contributed by atoms with van der Waals surface area (Å²) in [5, 5.41) is 0. The Morgan fingerprint density at radius 2 is 1.80 bits per heavy atom. The number of carbonyl (C=O) groups is 2. The standard InChI is InChI=1S/C19H33N3O3/c1-25-14-13-22-11-6-7-19(18(22)24)8-12-20(16-19)15-17(23)21-9-4-2-3-5-10-21/h2-16H2,1H3/t19-/m1/s1. The van der Waals surface area contributed by atoms with Gasteiger partial charge in [-0.2, -0.15) is 0 Å². The second-order valence-electron chi connectivity index (χ2n) is 7.92. The van der Waals surface area contributed by atoms with Gasteiger partial charge in [-0.3, -0.25) is 14.5 Å². The summed E-state index contributed by atoms with van der Waals surface area (Å²) < 4.78 is 5.14. The number of ether oxygens (including phenoxy) is 1. The van der Waals surface area contributed by atoms with Crippen molar-refractivity contribution in [2.75, 3.05) is 59.5 Å². The lowest BCUT2D eigenvalue weighted by Gasteiger charge is -2.39. The van der Waals surface area contributed by atoms with E-state index >= 15 is 0 Å². The molecule has 3 heterocycles. The zero-order chi connectivity index (χ0) is 17.7. The highest BCUT2D eigenvalue weighted by atomic mass is 16.5. The number of hydrogen-bond donors (Lipinski definition) is 0. The molecule has 0 aromatic carbocycles. The van der Waals surface area contributed by atoms with Crippen LogP contribution in [0.1, 0.15) is 44.9 Å². The minimum atomic E-state index is -0.259. The Morgan fingerprint density at radius 3 is 2.52 bits per heavy atom. The van der Waals surface area contributed by atoms with E-state index in [2.05, 4.69) is 4.90 Å². The molecule has 6 nitrogen and oxygen atoms in total. The molecule has 3 rings (SSSR count). The second kappa shape index (κ2) is 8.49. The molecule has 25 heavy (non-hydrogen) atoms. The van der Waals surface area contributed by atoms with Gasteiger partial charge in [0, 0.05) is 39.8 Å². The number of hydrogen-bond acceptors (Lipinski definition) is 4. The highest BCUT2D eigenvalue weighted by Gasteiger charge is 2.48. The van der Waals surface area contributed by atoms with E-state index in [4.69, 9.17) is 4.74 Å². The first kappa shape index (κ1) is 18.6. The summed E-state index contributed by atoms with van der Waals surface area (Å²) in [7, 11) is 1.68. The molecule has 0 N–H and O–H groups in total. The van der Waals surface area contributed by atoms with Crippen LogP contribution >= 0.6 is 0 Å². The molecule has 2 amide bonds. The lowest BCUT2D eigenvalue weighted by atomic mass is 9.78. The maximum Gasteiger partial charge on any atom is 0.236 e. The average Bonchev–Trinajstić information content (AvgIpc) is 2.83. The molecule has 0 bridgehead atoms. The fourth-order valence-electron chi connectivity index (χ4n) is 4.65. The number of methoxy groups -OCH3 is 1. The van der Waals surface area contributed by atoms with Crippen LogP contribution in [0.5, 0.6) is 0 Å². The third-order valence-corrected chi connectivity index (χ3v) is 6.14. The van der Waals surface area contributed by atoms with E-state index in [0.717, 1.165) is 64.8 Å². The van der Waals surface area contributed by atoms with Crippen LogP contribution in [0.2, 0.25) is 0 Å². The van der Waals surface area contributed by atoms with E-state index in [1.54, 1.807) is 7.11 Å². The number of piperidine rings is 1. The molecular weight excluding hydrogens is 318 g/mol. The summed E-state index contributed by atoms with van der Waals surface area (Å²) in [6.45, 7) is 6.02. The highest BCUT2D eigenvalue weighted by molar-refractivity contribution is 5.84. The second-order valence-corrected chi connectivity index (χ2v) is 7.92. The number of rotatable bonds is 5. The Labute approximate surface area is 151 Å². The summed E-state index contributed by atoms with van der Waals surface area (Å²) >= 11 is 0. The van der Waals surface area contributed by atoms with Crippen molar-refractivity contribution < 1.29 is 14.3 Å². The molecule has 142 valence electrons. The molecule has 6 heteroatoms. The van der Waals surface area contributed by atoms with Crippen molar-refractivity contribution in [3.63, 3.8) is 0 Å². The fourth-order valence-corrected chi connectivity index (χ4v) is 4.65. The van der Waals surface area contributed by atoms with Gasteiger partial charge < -0.3 is 14.5 Å². The molecule has 0 aliphatic carbocycles. The molecule has 0 aromatic rings. The van der Waals surface area contributed by atoms with E-state index in [1.807, 2.05) is 9.80 Å². The lowest BCUT2D eigenvalue weighted by Crippen LogP contribution is -2.51. The van der Waals surface area contributed by atoms with Crippen molar-refractivity contribution >= 4 is 11.8 Å². The topological polar surface area (TPSA) is 53.1 Å². The van der Waals surface area contributed by atoms with Gasteiger partial charge in [0.05, 0.1) is 18.6 Å². The smallest absolute Gasteiger partial charge is 0.236 e. The van der Waals surface area contributed by atoms with Crippen molar-refractivity contribution in [3.05, 3.63) is 0 Å². The maximum atomic E-state index is 13.0. The Morgan fingerprint density at radius 1 is 1.04 bits per heavy atom. The van der Waals surface area contributed by atoms with Crippen molar-refractivity contribution in [1.82, 2.24) is 14.7 Å². The third kappa shape index (κ3) is 4.34. The average molecular weight is 351 g/mol. The molecule has 1 atom stereocenters. The van der Waals surface area contributed by atoms with Gasteiger partial charge in [0.15, 0.2) is 0 Å². The molecule has 3 saturated heterocycles. The largest absolute Gasteiger partial charge is 0.383 e. The van der Waals surface area contributed by atoms with Gasteiger partial charge in [0.1, 0.15) is 0 Å². The van der Waals surface area contributed by atoms with Crippen LogP contribution in [-0.4, -0.2) is 86.0 Å². The van der Waals surface area contributed by atoms with E-state index in [0.29, 0.717) is 19.7 Å². The quantitative estimate of drug-likeness (QED) is 0.750. The first-order valence-electron chi connectivity index (χ1n) is 9.93. The summed E-state index contributed by atoms with van der Waals surface area (Å²) in [6, 6.07) is 0. The van der Waals surface area contributed by atoms with E-state index in [-0.39, 0.29) is 17.2 Å². The fraction of sp³-hybridized carbons (Fsp3) is 0.895. The molecule has 0 radical (unpaired) electrons. The van der Waals surface area contributed by atoms with E-state index in [1.165, 1.54) is 12.8 Å². The summed E-state index contributed by atoms with van der Waals surface area (Å²) in [6.07, 6.45) is 7.64. The molecule has 3 aliphatic rings. The zero-order valence-corrected chi connectivity index (χ0v) is 15.7. The number of nitrogens with zero attached hydrogens (tertiary/aromatic N) is 3. The van der Waals surface area contributed by atoms with Crippen molar-refractivity contribution in [2.45, 2.75) is 44.9 Å². The molecule has 0 aromatic heterocycles. The normalized spacial score (nSPS) is 28.6. The third-order valence-electron chi connectivity index (χ3n) is 6.14. The predicted molar refractivity (Wildman–Crippen MR) is 96.2 cm³/mol. The molecular formula is C19H33N3O3. The van der Waals surface area contributed by atoms with Gasteiger partial charge in [0.2, 0.25) is 11.8 Å². The van der Waals surface area contributed by atoms with Crippen LogP contribution in [-0.2, 0) is 14.3 Å². The van der Waals surface area contributed by atoms with Crippen LogP contribution in [0, 0.1) is 5.41 Å². The summed E-state index contributed by atoms with van der Waals surface area (Å²) in [5.41, 5.74) is -0.259. The maximum absolute atomic E-state index is 13.0. The van der Waals surface area contributed by atoms with Crippen LogP contribution in [0.15, 0.2) is 0 Å². The Balaban J connectivity index is 1.55. The zero-order valence-electron chi connectivity index (χ0n) is 15.7. The SMILES string of the molecule is COCCN1CCC[C@]2(CCN(CC(=O)N3CCCCCC3)C2)C1=O. The molecule has 3 fully saturated rings. The highest BCUT2D eigenvalue weighted by Crippen LogP contribution is 2.39. The van der Waals surface area contributed by atoms with Gasteiger partial charge in [-0.05, 0) is 38.6 Å². The van der Waals surface area contributed by atoms with Crippen LogP contribution in [0.25, 0.3) is 0 Å². The van der Waals surface area contributed by atoms with Gasteiger partial charge in [-0.25, -0.2) is 0 Å². The first-order valence-corrected chi connectivity index (χ1v) is 9.93. The summed E-state index contributed by atoms with van der Waals surface area (Å²) in [5.74, 6) is 0.527. The lowest BCUT2D eigenvalue weighted by molar-refractivity contribution is -0.146. The number of amides is 2. The summed E-state index contributed by atoms with van der Waals surface area (Å²) in [4.78, 5) is 31.8. The van der Waals surface area contributed by atoms with Crippen molar-refractivity contribution in [3.8, 4) is 0 Å². The van der Waals surface area contributed by atoms with Gasteiger partial charge in [-0.1, -0.05) is 12.8 Å². The monoisotopic (exact) mass is 351 g/mol. The Kier molecular flexibility index (Phi) is 6.34. The molecule has 0 unspecified atom stereocenters. The van der Waals surface area contributed by atoms with Gasteiger partial charge in [0.25, 0.3) is 0 Å². The number of carbonyl (C=O) groups excluding carboxylic acids is 2. The van der Waals surface area contributed by atoms with Crippen LogP contribution in [0.4, 0.5) is 0 Å². The predicted octanol–water partition coefficient (Wildman–Crippen LogP) is 1.35. The van der Waals surface area contributed by atoms with Gasteiger partial charge >= 0.3 is 0 Å². The van der Waals surface area contributed by atoms with Crippen LogP contribution in [0.3, 0.4) is 0 Å². The Bertz CT molecular complexity index is 477. The number of likely N-dealkylation sites (tertiary alicyclic amines) is 3. The Hall–Kier alpha value is -1.14. The molecule has 0 saturated carbocycles. The van der Waals surface area contributed by atoms with Crippen molar-refractivity contribution in [2.24, 2.45) is 5.41 Å². The van der Waals surface area contributed by atoms with Crippen LogP contribution < -0.4 is 0 Å². The van der Waals surface area contributed by atoms with Gasteiger partial charge in [-0.15, -0.1) is 0 Å². The van der Waals surface area contributed by atoms with E-state index in [9.17, 15) is 9.59 Å². The first-order chi connectivity index (χ1) is 12.1. The minimum Gasteiger partial charge on any atom is -0.383 e. The minimum absolute atomic E-state index is 0.249. The molecule has 3 aliphatic heterocycles. The van der Waals surface area contributed by atoms with Crippen molar-refractivity contribution in [1.29, 1.82) is 0 Å².